The van der Waals surface area contributed by atoms with Gasteiger partial charge in [0, 0.05) is 26.3 Å². The van der Waals surface area contributed by atoms with Gasteiger partial charge >= 0.3 is 5.97 Å². The highest BCUT2D eigenvalue weighted by Gasteiger charge is 2.47. The second kappa shape index (κ2) is 6.53. The number of hydrogen-bond donors (Lipinski definition) is 1. The number of carboxylic acid groups (broad SMARTS) is 1. The van der Waals surface area contributed by atoms with Crippen LogP contribution in [-0.2, 0) is 24.2 Å². The number of carboxylic acids is 1. The van der Waals surface area contributed by atoms with Crippen molar-refractivity contribution in [3.63, 3.8) is 0 Å². The van der Waals surface area contributed by atoms with Gasteiger partial charge in [-0.05, 0) is 18.3 Å². The lowest BCUT2D eigenvalue weighted by Crippen LogP contribution is -2.39. The molecule has 1 aliphatic rings. The predicted molar refractivity (Wildman–Crippen MR) is 72.1 cm³/mol. The molecular weight excluding hydrogens is 286 g/mol. The van der Waals surface area contributed by atoms with E-state index >= 15 is 0 Å². The zero-order chi connectivity index (χ0) is 15.4. The summed E-state index contributed by atoms with van der Waals surface area (Å²) in [5.74, 6) is -1.44. The van der Waals surface area contributed by atoms with Crippen LogP contribution >= 0.6 is 0 Å². The van der Waals surface area contributed by atoms with Crippen LogP contribution < -0.4 is 0 Å². The Morgan fingerprint density at radius 1 is 1.35 bits per heavy atom. The van der Waals surface area contributed by atoms with Crippen LogP contribution in [0.25, 0.3) is 0 Å². The Morgan fingerprint density at radius 2 is 1.95 bits per heavy atom. The van der Waals surface area contributed by atoms with Crippen LogP contribution in [0.15, 0.2) is 0 Å². The molecule has 1 saturated carbocycles. The molecule has 1 rings (SSSR count). The lowest BCUT2D eigenvalue weighted by Gasteiger charge is -2.23. The van der Waals surface area contributed by atoms with Crippen molar-refractivity contribution >= 4 is 21.7 Å². The molecule has 0 saturated heterocycles. The molecule has 0 aromatic heterocycles. The summed E-state index contributed by atoms with van der Waals surface area (Å²) in [7, 11) is -1.67. The van der Waals surface area contributed by atoms with Crippen molar-refractivity contribution in [1.29, 1.82) is 0 Å². The van der Waals surface area contributed by atoms with E-state index in [9.17, 15) is 18.0 Å². The first-order valence-corrected chi connectivity index (χ1v) is 8.40. The van der Waals surface area contributed by atoms with Gasteiger partial charge in [0.25, 0.3) is 0 Å². The summed E-state index contributed by atoms with van der Waals surface area (Å²) in [6.45, 7) is 0.0475. The van der Waals surface area contributed by atoms with Gasteiger partial charge in [0.15, 0.2) is 0 Å². The normalized spacial score (nSPS) is 16.7. The third kappa shape index (κ3) is 5.87. The number of sulfone groups is 1. The lowest BCUT2D eigenvalue weighted by atomic mass is 10.0. The van der Waals surface area contributed by atoms with Crippen molar-refractivity contribution in [3.05, 3.63) is 0 Å². The molecule has 0 radical (unpaired) electrons. The highest BCUT2D eigenvalue weighted by atomic mass is 32.2. The lowest BCUT2D eigenvalue weighted by molar-refractivity contribution is -0.145. The fourth-order valence-electron chi connectivity index (χ4n) is 2.19. The smallest absolute Gasteiger partial charge is 0.323 e. The van der Waals surface area contributed by atoms with Crippen LogP contribution in [0, 0.1) is 5.41 Å². The highest BCUT2D eigenvalue weighted by Crippen LogP contribution is 2.50. The second-order valence-electron chi connectivity index (χ2n) is 5.45. The predicted octanol–water partition coefficient (Wildman–Crippen LogP) is -0.239. The van der Waals surface area contributed by atoms with Crippen molar-refractivity contribution in [1.82, 2.24) is 4.90 Å². The number of methoxy groups -OCH3 is 1. The number of carbonyl (C=O) groups is 2. The van der Waals surface area contributed by atoms with Crippen molar-refractivity contribution in [2.24, 2.45) is 5.41 Å². The van der Waals surface area contributed by atoms with Gasteiger partial charge in [0.1, 0.15) is 16.4 Å². The first-order valence-electron chi connectivity index (χ1n) is 6.34. The van der Waals surface area contributed by atoms with Crippen molar-refractivity contribution in [2.45, 2.75) is 19.3 Å². The van der Waals surface area contributed by atoms with Crippen LogP contribution in [0.1, 0.15) is 19.3 Å². The topological polar surface area (TPSA) is 101 Å². The molecule has 0 heterocycles. The molecule has 1 N–H and O–H groups in total. The van der Waals surface area contributed by atoms with E-state index in [0.29, 0.717) is 12.8 Å². The Hall–Kier alpha value is -1.15. The Bertz CT molecular complexity index is 468. The number of aliphatic carboxylic acids is 1. The van der Waals surface area contributed by atoms with E-state index in [2.05, 4.69) is 0 Å². The van der Waals surface area contributed by atoms with Crippen LogP contribution in [0.2, 0.25) is 0 Å². The van der Waals surface area contributed by atoms with Crippen LogP contribution in [0.5, 0.6) is 0 Å². The van der Waals surface area contributed by atoms with Crippen LogP contribution in [0.3, 0.4) is 0 Å². The molecule has 0 unspecified atom stereocenters. The van der Waals surface area contributed by atoms with E-state index in [-0.39, 0.29) is 31.2 Å². The van der Waals surface area contributed by atoms with Gasteiger partial charge in [-0.3, -0.25) is 9.59 Å². The van der Waals surface area contributed by atoms with Crippen molar-refractivity contribution in [2.75, 3.05) is 38.8 Å². The van der Waals surface area contributed by atoms with Crippen LogP contribution in [-0.4, -0.2) is 69.1 Å². The quantitative estimate of drug-likeness (QED) is 0.631. The average molecular weight is 307 g/mol. The van der Waals surface area contributed by atoms with E-state index in [4.69, 9.17) is 9.84 Å². The Morgan fingerprint density at radius 3 is 2.35 bits per heavy atom. The first kappa shape index (κ1) is 16.9. The number of amides is 1. The Balaban J connectivity index is 2.63. The number of rotatable bonds is 9. The molecule has 8 heteroatoms. The summed E-state index contributed by atoms with van der Waals surface area (Å²) in [5, 5.41) is 8.80. The zero-order valence-corrected chi connectivity index (χ0v) is 12.6. The summed E-state index contributed by atoms with van der Waals surface area (Å²) in [6, 6.07) is 0. The number of nitrogens with zero attached hydrogens (tertiary/aromatic N) is 1. The molecule has 1 aliphatic carbocycles. The number of ether oxygens (including phenoxy) is 1. The summed E-state index contributed by atoms with van der Waals surface area (Å²) in [5.41, 5.74) is -0.492. The fourth-order valence-corrected chi connectivity index (χ4v) is 3.70. The first-order chi connectivity index (χ1) is 9.17. The molecule has 0 spiro atoms. The monoisotopic (exact) mass is 307 g/mol. The maximum absolute atomic E-state index is 12.1. The van der Waals surface area contributed by atoms with Crippen molar-refractivity contribution < 1.29 is 27.9 Å². The summed E-state index contributed by atoms with van der Waals surface area (Å²) < 4.78 is 27.5. The third-order valence-electron chi connectivity index (χ3n) is 3.30. The second-order valence-corrected chi connectivity index (χ2v) is 7.59. The van der Waals surface area contributed by atoms with E-state index in [1.54, 1.807) is 0 Å². The van der Waals surface area contributed by atoms with Gasteiger partial charge in [-0.25, -0.2) is 8.42 Å². The minimum Gasteiger partial charge on any atom is -0.480 e. The molecule has 0 bridgehead atoms. The molecule has 0 aromatic carbocycles. The maximum atomic E-state index is 12.1. The van der Waals surface area contributed by atoms with E-state index < -0.39 is 27.8 Å². The summed E-state index contributed by atoms with van der Waals surface area (Å²) >= 11 is 0. The Kier molecular flexibility index (Phi) is 5.52. The van der Waals surface area contributed by atoms with Gasteiger partial charge in [0.2, 0.25) is 5.91 Å². The standard InChI is InChI=1S/C12H21NO6S/c1-19-6-5-13(8-11(15)16)10(14)7-12(3-4-12)9-20(2,17)18/h3-9H2,1-2H3,(H,15,16). The Labute approximate surface area is 118 Å². The maximum Gasteiger partial charge on any atom is 0.323 e. The SMILES string of the molecule is COCCN(CC(=O)O)C(=O)CC1(CS(C)(=O)=O)CC1. The van der Waals surface area contributed by atoms with Gasteiger partial charge in [-0.15, -0.1) is 0 Å². The number of hydrogen-bond acceptors (Lipinski definition) is 5. The number of carbonyl (C=O) groups excluding carboxylic acids is 1. The van der Waals surface area contributed by atoms with Crippen LogP contribution in [0.4, 0.5) is 0 Å². The van der Waals surface area contributed by atoms with Gasteiger partial charge in [-0.2, -0.15) is 0 Å². The molecule has 116 valence electrons. The largest absolute Gasteiger partial charge is 0.480 e. The molecule has 0 atom stereocenters. The van der Waals surface area contributed by atoms with Gasteiger partial charge < -0.3 is 14.7 Å². The summed E-state index contributed by atoms with van der Waals surface area (Å²) in [4.78, 5) is 24.1. The highest BCUT2D eigenvalue weighted by molar-refractivity contribution is 7.90. The minimum absolute atomic E-state index is 0.0169. The van der Waals surface area contributed by atoms with E-state index in [0.717, 1.165) is 6.26 Å². The molecule has 20 heavy (non-hydrogen) atoms. The zero-order valence-electron chi connectivity index (χ0n) is 11.8. The fraction of sp³-hybridized carbons (Fsp3) is 0.833. The summed E-state index contributed by atoms with van der Waals surface area (Å²) in [6.07, 6.45) is 2.61. The molecule has 0 aromatic rings. The molecule has 1 amide bonds. The minimum atomic E-state index is -3.14. The molecular formula is C12H21NO6S. The molecule has 7 nitrogen and oxygen atoms in total. The van der Waals surface area contributed by atoms with Crippen molar-refractivity contribution in [3.8, 4) is 0 Å². The molecule has 1 fully saturated rings. The third-order valence-corrected chi connectivity index (χ3v) is 4.43. The van der Waals surface area contributed by atoms with E-state index in [1.807, 2.05) is 0 Å². The average Bonchev–Trinajstić information content (AvgIpc) is 3.00. The molecule has 0 aliphatic heterocycles. The van der Waals surface area contributed by atoms with E-state index in [1.165, 1.54) is 12.0 Å². The van der Waals surface area contributed by atoms with Gasteiger partial charge in [-0.1, -0.05) is 0 Å². The van der Waals surface area contributed by atoms with Gasteiger partial charge in [0.05, 0.1) is 12.4 Å².